The quantitative estimate of drug-likeness (QED) is 0.820. The molecule has 0 aliphatic heterocycles. The van der Waals surface area contributed by atoms with Gasteiger partial charge in [-0.2, -0.15) is 0 Å². The van der Waals surface area contributed by atoms with E-state index in [-0.39, 0.29) is 6.04 Å². The summed E-state index contributed by atoms with van der Waals surface area (Å²) in [7, 11) is 0. The van der Waals surface area contributed by atoms with Gasteiger partial charge in [0.25, 0.3) is 0 Å². The van der Waals surface area contributed by atoms with Gasteiger partial charge < -0.3 is 11.5 Å². The highest BCUT2D eigenvalue weighted by Crippen LogP contribution is 2.29. The van der Waals surface area contributed by atoms with Gasteiger partial charge in [-0.1, -0.05) is 0 Å². The Kier molecular flexibility index (Phi) is 3.06. The van der Waals surface area contributed by atoms with Gasteiger partial charge in [0.1, 0.15) is 0 Å². The number of rotatable bonds is 2. The zero-order chi connectivity index (χ0) is 8.43. The summed E-state index contributed by atoms with van der Waals surface area (Å²) >= 11 is 5.09. The Labute approximate surface area is 78.7 Å². The first-order valence-electron chi connectivity index (χ1n) is 3.36. The summed E-state index contributed by atoms with van der Waals surface area (Å²) in [6.45, 7) is 2.56. The van der Waals surface area contributed by atoms with Gasteiger partial charge in [0.15, 0.2) is 0 Å². The van der Waals surface area contributed by atoms with Crippen LogP contribution in [0.15, 0.2) is 9.85 Å². The first kappa shape index (κ1) is 9.19. The van der Waals surface area contributed by atoms with Crippen LogP contribution in [-0.4, -0.2) is 6.54 Å². The summed E-state index contributed by atoms with van der Waals surface area (Å²) in [6, 6.07) is 2.07. The molecule has 0 saturated carbocycles. The maximum absolute atomic E-state index is 5.74. The lowest BCUT2D eigenvalue weighted by molar-refractivity contribution is 0.751. The molecule has 0 fully saturated rings. The molecule has 0 unspecified atom stereocenters. The number of halogens is 1. The average molecular weight is 235 g/mol. The van der Waals surface area contributed by atoms with Gasteiger partial charge in [-0.05, 0) is 34.5 Å². The molecule has 0 amide bonds. The molecular formula is C7H11BrN2S. The molecule has 0 spiro atoms. The molecule has 4 N–H and O–H groups in total. The summed E-state index contributed by atoms with van der Waals surface area (Å²) in [5.41, 5.74) is 12.4. The van der Waals surface area contributed by atoms with Crippen molar-refractivity contribution in [2.75, 3.05) is 6.54 Å². The minimum atomic E-state index is -0.00926. The predicted molar refractivity (Wildman–Crippen MR) is 52.7 cm³/mol. The van der Waals surface area contributed by atoms with Gasteiger partial charge in [-0.25, -0.2) is 0 Å². The smallest absolute Gasteiger partial charge is 0.0731 e. The summed E-state index contributed by atoms with van der Waals surface area (Å²) in [6.07, 6.45) is 0. The standard InChI is InChI=1S/C7H11BrN2S/c1-4-2-6(5(10)3-9)11-7(4)8/h2,5H,3,9-10H2,1H3/t5-/m1/s1. The molecule has 2 nitrogen and oxygen atoms in total. The molecular weight excluding hydrogens is 224 g/mol. The highest BCUT2D eigenvalue weighted by Gasteiger charge is 2.08. The van der Waals surface area contributed by atoms with Crippen molar-refractivity contribution in [2.24, 2.45) is 11.5 Å². The van der Waals surface area contributed by atoms with Gasteiger partial charge in [-0.15, -0.1) is 11.3 Å². The van der Waals surface area contributed by atoms with Gasteiger partial charge in [0, 0.05) is 11.4 Å². The summed E-state index contributed by atoms with van der Waals surface area (Å²) in [4.78, 5) is 1.15. The topological polar surface area (TPSA) is 52.0 Å². The number of aryl methyl sites for hydroxylation is 1. The summed E-state index contributed by atoms with van der Waals surface area (Å²) in [5, 5.41) is 0. The first-order chi connectivity index (χ1) is 5.15. The molecule has 0 aliphatic rings. The molecule has 0 aliphatic carbocycles. The third-order valence-electron chi connectivity index (χ3n) is 1.50. The van der Waals surface area contributed by atoms with Crippen molar-refractivity contribution >= 4 is 27.3 Å². The third kappa shape index (κ3) is 2.02. The fraction of sp³-hybridized carbons (Fsp3) is 0.429. The average Bonchev–Trinajstić information content (AvgIpc) is 2.31. The van der Waals surface area contributed by atoms with Gasteiger partial charge >= 0.3 is 0 Å². The van der Waals surface area contributed by atoms with E-state index in [1.54, 1.807) is 11.3 Å². The van der Waals surface area contributed by atoms with Gasteiger partial charge in [0.2, 0.25) is 0 Å². The fourth-order valence-electron chi connectivity index (χ4n) is 0.782. The van der Waals surface area contributed by atoms with Crippen LogP contribution in [0.3, 0.4) is 0 Å². The SMILES string of the molecule is Cc1cc([C@H](N)CN)sc1Br. The number of thiophene rings is 1. The minimum absolute atomic E-state index is 0.00926. The second kappa shape index (κ2) is 3.67. The molecule has 1 atom stereocenters. The maximum atomic E-state index is 5.74. The van der Waals surface area contributed by atoms with E-state index in [4.69, 9.17) is 11.5 Å². The number of nitrogens with two attached hydrogens (primary N) is 2. The first-order valence-corrected chi connectivity index (χ1v) is 4.97. The molecule has 0 radical (unpaired) electrons. The maximum Gasteiger partial charge on any atom is 0.0731 e. The van der Waals surface area contributed by atoms with E-state index in [1.165, 1.54) is 5.56 Å². The molecule has 0 aromatic carbocycles. The van der Waals surface area contributed by atoms with E-state index < -0.39 is 0 Å². The normalized spacial score (nSPS) is 13.5. The number of hydrogen-bond acceptors (Lipinski definition) is 3. The van der Waals surface area contributed by atoms with Crippen molar-refractivity contribution in [3.05, 3.63) is 20.3 Å². The molecule has 11 heavy (non-hydrogen) atoms. The van der Waals surface area contributed by atoms with E-state index in [2.05, 4.69) is 22.0 Å². The lowest BCUT2D eigenvalue weighted by atomic mass is 10.2. The minimum Gasteiger partial charge on any atom is -0.329 e. The lowest BCUT2D eigenvalue weighted by Crippen LogP contribution is -2.19. The van der Waals surface area contributed by atoms with Gasteiger partial charge in [-0.3, -0.25) is 0 Å². The largest absolute Gasteiger partial charge is 0.329 e. The van der Waals surface area contributed by atoms with Crippen LogP contribution in [0.4, 0.5) is 0 Å². The van der Waals surface area contributed by atoms with Crippen LogP contribution < -0.4 is 11.5 Å². The molecule has 1 rings (SSSR count). The predicted octanol–water partition coefficient (Wildman–Crippen LogP) is 1.78. The van der Waals surface area contributed by atoms with E-state index in [1.807, 2.05) is 6.92 Å². The molecule has 1 aromatic rings. The highest BCUT2D eigenvalue weighted by molar-refractivity contribution is 9.11. The van der Waals surface area contributed by atoms with Crippen molar-refractivity contribution in [1.82, 2.24) is 0 Å². The summed E-state index contributed by atoms with van der Waals surface area (Å²) in [5.74, 6) is 0. The highest BCUT2D eigenvalue weighted by atomic mass is 79.9. The number of hydrogen-bond donors (Lipinski definition) is 2. The Hall–Kier alpha value is 0.100. The zero-order valence-electron chi connectivity index (χ0n) is 6.30. The Morgan fingerprint density at radius 2 is 2.36 bits per heavy atom. The Balaban J connectivity index is 2.88. The van der Waals surface area contributed by atoms with Crippen LogP contribution >= 0.6 is 27.3 Å². The van der Waals surface area contributed by atoms with Crippen LogP contribution in [-0.2, 0) is 0 Å². The van der Waals surface area contributed by atoms with Crippen LogP contribution in [0.25, 0.3) is 0 Å². The Morgan fingerprint density at radius 3 is 2.73 bits per heavy atom. The van der Waals surface area contributed by atoms with Gasteiger partial charge in [0.05, 0.1) is 9.83 Å². The van der Waals surface area contributed by atoms with Crippen molar-refractivity contribution in [2.45, 2.75) is 13.0 Å². The van der Waals surface area contributed by atoms with Crippen LogP contribution in [0.5, 0.6) is 0 Å². The van der Waals surface area contributed by atoms with E-state index in [9.17, 15) is 0 Å². The van der Waals surface area contributed by atoms with Crippen molar-refractivity contribution < 1.29 is 0 Å². The third-order valence-corrected chi connectivity index (χ3v) is 3.76. The molecule has 0 bridgehead atoms. The second-order valence-corrected chi connectivity index (χ2v) is 4.85. The monoisotopic (exact) mass is 234 g/mol. The van der Waals surface area contributed by atoms with Crippen LogP contribution in [0.2, 0.25) is 0 Å². The Morgan fingerprint density at radius 1 is 1.73 bits per heavy atom. The fourth-order valence-corrected chi connectivity index (χ4v) is 2.37. The molecule has 62 valence electrons. The second-order valence-electron chi connectivity index (χ2n) is 2.45. The molecule has 1 heterocycles. The lowest BCUT2D eigenvalue weighted by Gasteiger charge is -2.03. The van der Waals surface area contributed by atoms with Crippen molar-refractivity contribution in [3.8, 4) is 0 Å². The molecule has 4 heteroatoms. The Bertz CT molecular complexity index is 227. The van der Waals surface area contributed by atoms with Crippen molar-refractivity contribution in [1.29, 1.82) is 0 Å². The van der Waals surface area contributed by atoms with Crippen LogP contribution in [0, 0.1) is 6.92 Å². The van der Waals surface area contributed by atoms with E-state index >= 15 is 0 Å². The van der Waals surface area contributed by atoms with E-state index in [0.717, 1.165) is 8.66 Å². The summed E-state index contributed by atoms with van der Waals surface area (Å²) < 4.78 is 1.15. The molecule has 1 aromatic heterocycles. The van der Waals surface area contributed by atoms with Crippen molar-refractivity contribution in [3.63, 3.8) is 0 Å². The zero-order valence-corrected chi connectivity index (χ0v) is 8.71. The van der Waals surface area contributed by atoms with E-state index in [0.29, 0.717) is 6.54 Å². The molecule has 0 saturated heterocycles. The van der Waals surface area contributed by atoms with Crippen LogP contribution in [0.1, 0.15) is 16.5 Å².